The summed E-state index contributed by atoms with van der Waals surface area (Å²) in [5.74, 6) is 2.78. The molecule has 0 aromatic heterocycles. The second-order valence-corrected chi connectivity index (χ2v) is 13.7. The van der Waals surface area contributed by atoms with Gasteiger partial charge in [-0.3, -0.25) is 5.26 Å². The Kier molecular flexibility index (Phi) is 13.6. The molecule has 2 aromatic rings. The molecule has 9 heteroatoms. The molecule has 0 saturated heterocycles. The first kappa shape index (κ1) is 35.6. The lowest BCUT2D eigenvalue weighted by molar-refractivity contribution is -0.287. The number of unbranched alkanes of at least 4 members (excludes halogenated alkanes) is 3. The van der Waals surface area contributed by atoms with Crippen LogP contribution < -0.4 is 18.9 Å². The number of rotatable bonds is 9. The summed E-state index contributed by atoms with van der Waals surface area (Å²) in [6.45, 7) is 16.1. The maximum Gasteiger partial charge on any atom is 0.161 e. The van der Waals surface area contributed by atoms with Gasteiger partial charge in [0, 0.05) is 18.4 Å². The van der Waals surface area contributed by atoms with Gasteiger partial charge in [-0.1, -0.05) is 67.7 Å². The van der Waals surface area contributed by atoms with Gasteiger partial charge in [0.25, 0.3) is 0 Å². The van der Waals surface area contributed by atoms with Crippen LogP contribution in [-0.2, 0) is 32.2 Å². The van der Waals surface area contributed by atoms with Crippen molar-refractivity contribution >= 4 is 23.2 Å². The zero-order chi connectivity index (χ0) is 31.6. The predicted octanol–water partition coefficient (Wildman–Crippen LogP) is 8.81. The summed E-state index contributed by atoms with van der Waals surface area (Å²) in [5, 5.41) is 9.69. The predicted molar refractivity (Wildman–Crippen MR) is 173 cm³/mol. The molecule has 0 bridgehead atoms. The summed E-state index contributed by atoms with van der Waals surface area (Å²) in [6, 6.07) is 7.78. The van der Waals surface area contributed by atoms with E-state index in [9.17, 15) is 5.26 Å². The quantitative estimate of drug-likeness (QED) is 0.127. The minimum absolute atomic E-state index is 0.0133. The first-order valence-corrected chi connectivity index (χ1v) is 16.4. The Morgan fingerprint density at radius 2 is 1.09 bits per heavy atom. The van der Waals surface area contributed by atoms with Crippen molar-refractivity contribution in [2.45, 2.75) is 109 Å². The second kappa shape index (κ2) is 16.4. The molecule has 0 spiro atoms. The van der Waals surface area contributed by atoms with Crippen molar-refractivity contribution in [3.8, 4) is 23.0 Å². The van der Waals surface area contributed by atoms with Crippen LogP contribution in [0.25, 0.3) is 0 Å². The van der Waals surface area contributed by atoms with Crippen LogP contribution in [-0.4, -0.2) is 50.5 Å². The maximum absolute atomic E-state index is 9.69. The molecule has 0 fully saturated rings. The van der Waals surface area contributed by atoms with Gasteiger partial charge < -0.3 is 23.7 Å². The number of benzene rings is 2. The van der Waals surface area contributed by atoms with Crippen LogP contribution in [0, 0.1) is 0 Å². The third kappa shape index (κ3) is 10.3. The fourth-order valence-corrected chi connectivity index (χ4v) is 5.48. The summed E-state index contributed by atoms with van der Waals surface area (Å²) in [4.78, 5) is 4.74. The van der Waals surface area contributed by atoms with Gasteiger partial charge in [0.2, 0.25) is 0 Å². The number of fused-ring (bicyclic) bond motifs is 2. The smallest absolute Gasteiger partial charge is 0.161 e. The topological polar surface area (TPSA) is 75.6 Å². The lowest BCUT2D eigenvalue weighted by atomic mass is 9.84. The average molecular weight is 642 g/mol. The molecule has 3 rings (SSSR count). The molecule has 7 nitrogen and oxygen atoms in total. The highest BCUT2D eigenvalue weighted by Crippen LogP contribution is 2.39. The van der Waals surface area contributed by atoms with E-state index < -0.39 is 6.10 Å². The first-order valence-electron chi connectivity index (χ1n) is 15.3. The molecule has 43 heavy (non-hydrogen) atoms. The Hall–Kier alpha value is -1.90. The Balaban J connectivity index is 2.00. The van der Waals surface area contributed by atoms with Crippen LogP contribution in [0.1, 0.15) is 96.4 Å². The van der Waals surface area contributed by atoms with Crippen molar-refractivity contribution in [3.63, 3.8) is 0 Å². The van der Waals surface area contributed by atoms with Crippen molar-refractivity contribution in [3.05, 3.63) is 46.5 Å². The van der Waals surface area contributed by atoms with Gasteiger partial charge in [0.05, 0.1) is 0 Å². The van der Waals surface area contributed by atoms with Crippen molar-refractivity contribution in [2.75, 3.05) is 33.0 Å². The summed E-state index contributed by atoms with van der Waals surface area (Å²) in [6.07, 6.45) is 3.27. The Labute approximate surface area is 268 Å². The molecular weight excluding hydrogens is 591 g/mol. The normalized spacial score (nSPS) is 18.3. The number of alkyl halides is 2. The third-order valence-electron chi connectivity index (χ3n) is 7.44. The lowest BCUT2D eigenvalue weighted by Gasteiger charge is -2.28. The fourth-order valence-electron chi connectivity index (χ4n) is 5.04. The molecule has 1 aliphatic rings. The molecule has 0 radical (unpaired) electrons. The highest BCUT2D eigenvalue weighted by molar-refractivity contribution is 6.17. The summed E-state index contributed by atoms with van der Waals surface area (Å²) in [5.41, 5.74) is 3.69. The van der Waals surface area contributed by atoms with Crippen LogP contribution in [0.5, 0.6) is 23.0 Å². The SMILES string of the molecule is CCCCCCOC1COc2cc(C(C)(C)C)c(CCl)cc2OCC(OO)COc2cc(CCl)c(C(C)(C)C)cc2OC1. The van der Waals surface area contributed by atoms with Crippen molar-refractivity contribution in [2.24, 2.45) is 0 Å². The molecule has 0 amide bonds. The fraction of sp³-hybridized carbons (Fsp3) is 0.647. The monoisotopic (exact) mass is 640 g/mol. The first-order chi connectivity index (χ1) is 20.4. The summed E-state index contributed by atoms with van der Waals surface area (Å²) < 4.78 is 31.4. The van der Waals surface area contributed by atoms with Gasteiger partial charge in [-0.15, -0.1) is 23.2 Å². The Morgan fingerprint density at radius 3 is 1.47 bits per heavy atom. The minimum Gasteiger partial charge on any atom is -0.487 e. The zero-order valence-electron chi connectivity index (χ0n) is 26.9. The van der Waals surface area contributed by atoms with Crippen molar-refractivity contribution < 1.29 is 33.8 Å². The number of halogens is 2. The van der Waals surface area contributed by atoms with Crippen LogP contribution in [0.3, 0.4) is 0 Å². The Bertz CT molecular complexity index is 1080. The average Bonchev–Trinajstić information content (AvgIpc) is 2.96. The second-order valence-electron chi connectivity index (χ2n) is 13.2. The molecule has 1 aliphatic heterocycles. The maximum atomic E-state index is 9.69. The van der Waals surface area contributed by atoms with Crippen LogP contribution in [0.4, 0.5) is 0 Å². The van der Waals surface area contributed by atoms with Crippen LogP contribution in [0.2, 0.25) is 0 Å². The highest BCUT2D eigenvalue weighted by atomic mass is 35.5. The zero-order valence-corrected chi connectivity index (χ0v) is 28.4. The standard InChI is InChI=1S/C34H50Cl2O7/c1-8-9-10-11-12-38-25-19-39-31-15-27(33(2,3)4)23(17-35)13-29(31)41-21-26(43-37)22-42-30-14-24(18-36)28(34(5,6)7)16-32(30)40-20-25/h13-16,25-26,37H,8-12,17-22H2,1-7H3. The van der Waals surface area contributed by atoms with Crippen molar-refractivity contribution in [1.29, 1.82) is 0 Å². The van der Waals surface area contributed by atoms with E-state index in [-0.39, 0.29) is 43.4 Å². The summed E-state index contributed by atoms with van der Waals surface area (Å²) >= 11 is 12.7. The molecule has 1 heterocycles. The van der Waals surface area contributed by atoms with Crippen molar-refractivity contribution in [1.82, 2.24) is 0 Å². The molecule has 0 aliphatic carbocycles. The highest BCUT2D eigenvalue weighted by Gasteiger charge is 2.26. The van der Waals surface area contributed by atoms with E-state index in [1.165, 1.54) is 6.42 Å². The molecule has 0 saturated carbocycles. The third-order valence-corrected chi connectivity index (χ3v) is 8.02. The Morgan fingerprint density at radius 1 is 0.674 bits per heavy atom. The molecular formula is C34H50Cl2O7. The van der Waals surface area contributed by atoms with E-state index in [2.05, 4.69) is 48.5 Å². The van der Waals surface area contributed by atoms with Gasteiger partial charge in [0.15, 0.2) is 29.1 Å². The lowest BCUT2D eigenvalue weighted by Crippen LogP contribution is -2.31. The number of ether oxygens (including phenoxy) is 5. The number of hydrogen-bond donors (Lipinski definition) is 1. The van der Waals surface area contributed by atoms with Gasteiger partial charge in [-0.05, 0) is 63.8 Å². The van der Waals surface area contributed by atoms with E-state index in [0.717, 1.165) is 41.5 Å². The van der Waals surface area contributed by atoms with E-state index in [1.54, 1.807) is 0 Å². The van der Waals surface area contributed by atoms with E-state index >= 15 is 0 Å². The molecule has 0 atom stereocenters. The van der Waals surface area contributed by atoms with E-state index in [4.69, 9.17) is 51.8 Å². The summed E-state index contributed by atoms with van der Waals surface area (Å²) in [7, 11) is 0. The molecule has 0 unspecified atom stereocenters. The largest absolute Gasteiger partial charge is 0.487 e. The van der Waals surface area contributed by atoms with Gasteiger partial charge in [0.1, 0.15) is 32.5 Å². The molecule has 2 aromatic carbocycles. The van der Waals surface area contributed by atoms with Gasteiger partial charge >= 0.3 is 0 Å². The van der Waals surface area contributed by atoms with Crippen LogP contribution >= 0.6 is 23.2 Å². The molecule has 1 N–H and O–H groups in total. The van der Waals surface area contributed by atoms with Gasteiger partial charge in [-0.2, -0.15) is 0 Å². The van der Waals surface area contributed by atoms with Gasteiger partial charge in [-0.25, -0.2) is 4.89 Å². The molecule has 242 valence electrons. The van der Waals surface area contributed by atoms with E-state index in [1.807, 2.05) is 24.3 Å². The number of hydrogen-bond acceptors (Lipinski definition) is 7. The van der Waals surface area contributed by atoms with E-state index in [0.29, 0.717) is 41.4 Å². The minimum atomic E-state index is -0.786. The van der Waals surface area contributed by atoms with Crippen LogP contribution in [0.15, 0.2) is 24.3 Å².